The minimum absolute atomic E-state index is 0.0318. The average Bonchev–Trinajstić information content (AvgIpc) is 2.76. The highest BCUT2D eigenvalue weighted by Crippen LogP contribution is 2.33. The van der Waals surface area contributed by atoms with Crippen LogP contribution in [0.15, 0.2) is 80.2 Å². The van der Waals surface area contributed by atoms with E-state index in [0.717, 1.165) is 42.5 Å². The van der Waals surface area contributed by atoms with Gasteiger partial charge in [0, 0.05) is 32.9 Å². The van der Waals surface area contributed by atoms with E-state index in [9.17, 15) is 33.7 Å². The van der Waals surface area contributed by atoms with Crippen molar-refractivity contribution in [3.8, 4) is 0 Å². The summed E-state index contributed by atoms with van der Waals surface area (Å²) in [5, 5.41) is -0.0714. The Balaban J connectivity index is 0.000000211. The molecular formula is C20H18N2O12S4. The van der Waals surface area contributed by atoms with Crippen LogP contribution in [-0.4, -0.2) is 51.9 Å². The topological polar surface area (TPSA) is 270 Å². The molecule has 8 N–H and O–H groups in total. The van der Waals surface area contributed by atoms with Crippen molar-refractivity contribution in [2.45, 2.75) is 19.6 Å². The molecule has 0 aliphatic heterocycles. The van der Waals surface area contributed by atoms with Gasteiger partial charge in [0.25, 0.3) is 40.5 Å². The summed E-state index contributed by atoms with van der Waals surface area (Å²) >= 11 is 0. The SMILES string of the molecule is Nc1ccc(S(=O)(=O)O)c2ccc(S(=O)(=O)O)cc12.Nc1ccc(S(=O)(=O)O)c2cccc(S(=O)(=O)O)c12. The van der Waals surface area contributed by atoms with E-state index in [2.05, 4.69) is 0 Å². The first-order valence-corrected chi connectivity index (χ1v) is 15.5. The first-order chi connectivity index (χ1) is 17.2. The van der Waals surface area contributed by atoms with Crippen molar-refractivity contribution in [1.29, 1.82) is 0 Å². The second kappa shape index (κ2) is 9.75. The second-order valence-corrected chi connectivity index (χ2v) is 13.2. The zero-order chi connectivity index (χ0) is 28.8. The molecule has 0 atom stereocenters. The van der Waals surface area contributed by atoms with E-state index in [1.807, 2.05) is 0 Å². The molecule has 14 nitrogen and oxygen atoms in total. The van der Waals surface area contributed by atoms with E-state index in [1.165, 1.54) is 18.2 Å². The van der Waals surface area contributed by atoms with Crippen molar-refractivity contribution < 1.29 is 51.9 Å². The fraction of sp³-hybridized carbons (Fsp3) is 0. The summed E-state index contributed by atoms with van der Waals surface area (Å²) in [7, 11) is -18.0. The van der Waals surface area contributed by atoms with Gasteiger partial charge in [-0.15, -0.1) is 0 Å². The van der Waals surface area contributed by atoms with Crippen LogP contribution in [0.2, 0.25) is 0 Å². The van der Waals surface area contributed by atoms with E-state index in [1.54, 1.807) is 0 Å². The second-order valence-electron chi connectivity index (χ2n) is 7.59. The third-order valence-electron chi connectivity index (χ3n) is 5.11. The summed E-state index contributed by atoms with van der Waals surface area (Å²) in [4.78, 5) is -1.81. The quantitative estimate of drug-likeness (QED) is 0.143. The van der Waals surface area contributed by atoms with Gasteiger partial charge >= 0.3 is 0 Å². The zero-order valence-electron chi connectivity index (χ0n) is 18.6. The fourth-order valence-corrected chi connectivity index (χ4v) is 6.15. The van der Waals surface area contributed by atoms with Gasteiger partial charge in [-0.3, -0.25) is 18.2 Å². The predicted molar refractivity (Wildman–Crippen MR) is 136 cm³/mol. The van der Waals surface area contributed by atoms with Gasteiger partial charge in [-0.25, -0.2) is 0 Å². The van der Waals surface area contributed by atoms with Gasteiger partial charge in [0.15, 0.2) is 0 Å². The van der Waals surface area contributed by atoms with Crippen LogP contribution in [0.5, 0.6) is 0 Å². The maximum atomic E-state index is 11.2. The molecule has 0 unspecified atom stereocenters. The molecule has 0 radical (unpaired) electrons. The maximum absolute atomic E-state index is 11.2. The Labute approximate surface area is 216 Å². The first-order valence-electron chi connectivity index (χ1n) is 9.76. The van der Waals surface area contributed by atoms with E-state index in [-0.39, 0.29) is 32.9 Å². The van der Waals surface area contributed by atoms with Gasteiger partial charge in [-0.05, 0) is 42.5 Å². The minimum atomic E-state index is -4.57. The smallest absolute Gasteiger partial charge is 0.295 e. The van der Waals surface area contributed by atoms with Crippen LogP contribution in [0.3, 0.4) is 0 Å². The van der Waals surface area contributed by atoms with Crippen LogP contribution in [-0.2, 0) is 40.5 Å². The maximum Gasteiger partial charge on any atom is 0.295 e. The highest BCUT2D eigenvalue weighted by atomic mass is 32.2. The lowest BCUT2D eigenvalue weighted by atomic mass is 10.1. The Bertz CT molecular complexity index is 2040. The Morgan fingerprint density at radius 1 is 0.474 bits per heavy atom. The molecule has 0 spiro atoms. The molecule has 18 heteroatoms. The van der Waals surface area contributed by atoms with Gasteiger partial charge in [0.2, 0.25) is 0 Å². The molecule has 0 amide bonds. The number of anilines is 2. The Kier molecular flexibility index (Phi) is 7.49. The molecule has 204 valence electrons. The summed E-state index contributed by atoms with van der Waals surface area (Å²) in [6, 6.07) is 11.3. The number of hydrogen-bond acceptors (Lipinski definition) is 10. The molecule has 4 aromatic carbocycles. The third kappa shape index (κ3) is 6.03. The standard InChI is InChI=1S/2C10H9NO6S2/c11-9-3-4-10(19(15,16)17)7-2-1-6(5-8(7)9)18(12,13)14;11-7-4-5-8(18(12,13)14)6-2-1-3-9(10(6)7)19(15,16)17/h2*1-5H,11H2,(H,12,13,14)(H,15,16,17). The average molecular weight is 607 g/mol. The minimum Gasteiger partial charge on any atom is -0.398 e. The zero-order valence-corrected chi connectivity index (χ0v) is 21.9. The molecule has 4 aromatic rings. The number of fused-ring (bicyclic) bond motifs is 2. The monoisotopic (exact) mass is 606 g/mol. The highest BCUT2D eigenvalue weighted by molar-refractivity contribution is 7.87. The van der Waals surface area contributed by atoms with Crippen molar-refractivity contribution in [1.82, 2.24) is 0 Å². The van der Waals surface area contributed by atoms with Gasteiger partial charge in [0.05, 0.1) is 4.90 Å². The summed E-state index contributed by atoms with van der Waals surface area (Å²) in [5.41, 5.74) is 11.3. The van der Waals surface area contributed by atoms with E-state index >= 15 is 0 Å². The summed E-state index contributed by atoms with van der Waals surface area (Å²) in [6.45, 7) is 0. The molecule has 0 aliphatic rings. The van der Waals surface area contributed by atoms with Crippen molar-refractivity contribution in [2.75, 3.05) is 11.5 Å². The lowest BCUT2D eigenvalue weighted by Gasteiger charge is -2.09. The number of benzene rings is 4. The Morgan fingerprint density at radius 2 is 0.974 bits per heavy atom. The third-order valence-corrected chi connectivity index (χ3v) is 8.68. The summed E-state index contributed by atoms with van der Waals surface area (Å²) < 4.78 is 126. The molecule has 0 bridgehead atoms. The molecule has 0 saturated heterocycles. The van der Waals surface area contributed by atoms with Crippen LogP contribution >= 0.6 is 0 Å². The van der Waals surface area contributed by atoms with Gasteiger partial charge in [0.1, 0.15) is 14.7 Å². The van der Waals surface area contributed by atoms with E-state index in [4.69, 9.17) is 29.7 Å². The van der Waals surface area contributed by atoms with Crippen LogP contribution < -0.4 is 11.5 Å². The molecule has 0 saturated carbocycles. The molecule has 0 fully saturated rings. The molecule has 38 heavy (non-hydrogen) atoms. The van der Waals surface area contributed by atoms with E-state index < -0.39 is 60.1 Å². The lowest BCUT2D eigenvalue weighted by Crippen LogP contribution is -2.04. The number of nitrogen functional groups attached to an aromatic ring is 2. The molecule has 0 aromatic heterocycles. The largest absolute Gasteiger partial charge is 0.398 e. The molecule has 0 heterocycles. The Hall–Kier alpha value is -3.36. The number of rotatable bonds is 4. The van der Waals surface area contributed by atoms with Crippen LogP contribution in [0, 0.1) is 0 Å². The molecular weight excluding hydrogens is 588 g/mol. The van der Waals surface area contributed by atoms with Crippen LogP contribution in [0.1, 0.15) is 0 Å². The van der Waals surface area contributed by atoms with Crippen molar-refractivity contribution in [2.24, 2.45) is 0 Å². The van der Waals surface area contributed by atoms with Crippen molar-refractivity contribution >= 4 is 73.4 Å². The number of nitrogens with two attached hydrogens (primary N) is 2. The highest BCUT2D eigenvalue weighted by Gasteiger charge is 2.21. The van der Waals surface area contributed by atoms with Gasteiger partial charge < -0.3 is 11.5 Å². The summed E-state index contributed by atoms with van der Waals surface area (Å²) in [5.74, 6) is 0. The van der Waals surface area contributed by atoms with Crippen molar-refractivity contribution in [3.05, 3.63) is 60.7 Å². The number of hydrogen-bond donors (Lipinski definition) is 6. The molecule has 4 rings (SSSR count). The fourth-order valence-electron chi connectivity index (χ4n) is 3.52. The van der Waals surface area contributed by atoms with Gasteiger partial charge in [-0.1, -0.05) is 18.2 Å². The summed E-state index contributed by atoms with van der Waals surface area (Å²) in [6.07, 6.45) is 0. The predicted octanol–water partition coefficient (Wildman–Crippen LogP) is 1.83. The van der Waals surface area contributed by atoms with Crippen LogP contribution in [0.25, 0.3) is 21.5 Å². The Morgan fingerprint density at radius 3 is 1.47 bits per heavy atom. The molecule has 0 aliphatic carbocycles. The van der Waals surface area contributed by atoms with Gasteiger partial charge in [-0.2, -0.15) is 33.7 Å². The van der Waals surface area contributed by atoms with Crippen molar-refractivity contribution in [3.63, 3.8) is 0 Å². The lowest BCUT2D eigenvalue weighted by molar-refractivity contribution is 0.481. The first kappa shape index (κ1) is 29.2. The van der Waals surface area contributed by atoms with E-state index in [0.29, 0.717) is 0 Å². The van der Waals surface area contributed by atoms with Crippen LogP contribution in [0.4, 0.5) is 11.4 Å². The normalized spacial score (nSPS) is 12.7.